The number of aromatic nitrogens is 2. The van der Waals surface area contributed by atoms with Gasteiger partial charge in [0, 0.05) is 20.1 Å². The number of carbonyl (C=O) groups is 1. The van der Waals surface area contributed by atoms with Crippen LogP contribution in [-0.4, -0.2) is 45.9 Å². The van der Waals surface area contributed by atoms with Crippen molar-refractivity contribution < 1.29 is 4.79 Å². The molecule has 0 N–H and O–H groups in total. The molecule has 1 aliphatic heterocycles. The van der Waals surface area contributed by atoms with Crippen LogP contribution in [0.25, 0.3) is 0 Å². The van der Waals surface area contributed by atoms with E-state index in [-0.39, 0.29) is 11.9 Å². The molecule has 1 aromatic heterocycles. The molecule has 3 rings (SSSR count). The van der Waals surface area contributed by atoms with Crippen LogP contribution in [0.5, 0.6) is 0 Å². The maximum atomic E-state index is 13.2. The highest BCUT2D eigenvalue weighted by molar-refractivity contribution is 5.94. The van der Waals surface area contributed by atoms with Crippen LogP contribution in [-0.2, 0) is 13.6 Å². The van der Waals surface area contributed by atoms with Crippen LogP contribution in [0.3, 0.4) is 0 Å². The van der Waals surface area contributed by atoms with Gasteiger partial charge in [0.1, 0.15) is 5.69 Å². The normalized spacial score (nSPS) is 18.0. The van der Waals surface area contributed by atoms with Gasteiger partial charge in [-0.3, -0.25) is 4.79 Å². The van der Waals surface area contributed by atoms with Gasteiger partial charge >= 0.3 is 0 Å². The summed E-state index contributed by atoms with van der Waals surface area (Å²) in [5.74, 6) is 0.0968. The second-order valence-corrected chi connectivity index (χ2v) is 7.28. The van der Waals surface area contributed by atoms with Crippen LogP contribution in [0, 0.1) is 6.92 Å². The van der Waals surface area contributed by atoms with E-state index < -0.39 is 0 Å². The van der Waals surface area contributed by atoms with E-state index in [4.69, 9.17) is 0 Å². The monoisotopic (exact) mass is 340 g/mol. The fraction of sp³-hybridized carbons (Fsp3) is 0.500. The third-order valence-electron chi connectivity index (χ3n) is 4.95. The van der Waals surface area contributed by atoms with Gasteiger partial charge in [0.2, 0.25) is 0 Å². The number of piperidine rings is 1. The maximum Gasteiger partial charge on any atom is 0.272 e. The molecular weight excluding hydrogens is 312 g/mol. The zero-order chi connectivity index (χ0) is 18.0. The summed E-state index contributed by atoms with van der Waals surface area (Å²) in [4.78, 5) is 21.6. The van der Waals surface area contributed by atoms with Gasteiger partial charge in [0.15, 0.2) is 0 Å². The number of hydrogen-bond acceptors (Lipinski definition) is 3. The number of benzene rings is 1. The summed E-state index contributed by atoms with van der Waals surface area (Å²) >= 11 is 0. The van der Waals surface area contributed by atoms with Crippen molar-refractivity contribution in [2.75, 3.05) is 20.6 Å². The molecule has 0 radical (unpaired) electrons. The van der Waals surface area contributed by atoms with E-state index in [1.54, 1.807) is 6.33 Å². The molecule has 2 heterocycles. The Hall–Kier alpha value is -2.14. The van der Waals surface area contributed by atoms with Crippen LogP contribution in [0.4, 0.5) is 0 Å². The fourth-order valence-corrected chi connectivity index (χ4v) is 3.72. The number of amides is 1. The minimum absolute atomic E-state index is 0.0968. The molecule has 0 saturated carbocycles. The van der Waals surface area contributed by atoms with Gasteiger partial charge in [0.25, 0.3) is 5.91 Å². The third-order valence-corrected chi connectivity index (χ3v) is 4.95. The first kappa shape index (κ1) is 17.7. The Bertz CT molecular complexity index is 713. The summed E-state index contributed by atoms with van der Waals surface area (Å²) in [5, 5.41) is 0. The smallest absolute Gasteiger partial charge is 0.272 e. The predicted octanol–water partition coefficient (Wildman–Crippen LogP) is 3.16. The standard InChI is InChI=1S/C20H28N4O/c1-15-19(23(4)14-21-15)20(25)24-12-6-5-7-18(24)17-10-8-16(9-11-17)13-22(2)3/h8-11,14,18H,5-7,12-13H2,1-4H3/t18-/m0/s1. The van der Waals surface area contributed by atoms with Crippen molar-refractivity contribution in [1.29, 1.82) is 0 Å². The van der Waals surface area contributed by atoms with Crippen LogP contribution in [0.15, 0.2) is 30.6 Å². The number of likely N-dealkylation sites (tertiary alicyclic amines) is 1. The van der Waals surface area contributed by atoms with E-state index in [2.05, 4.69) is 48.2 Å². The van der Waals surface area contributed by atoms with E-state index in [1.807, 2.05) is 23.4 Å². The zero-order valence-corrected chi connectivity index (χ0v) is 15.7. The predicted molar refractivity (Wildman–Crippen MR) is 99.4 cm³/mol. The highest BCUT2D eigenvalue weighted by atomic mass is 16.2. The van der Waals surface area contributed by atoms with Crippen LogP contribution < -0.4 is 0 Å². The van der Waals surface area contributed by atoms with Crippen molar-refractivity contribution in [2.45, 2.75) is 38.8 Å². The Kier molecular flexibility index (Phi) is 5.23. The molecule has 25 heavy (non-hydrogen) atoms. The number of aryl methyl sites for hydroxylation is 2. The second-order valence-electron chi connectivity index (χ2n) is 7.28. The molecule has 0 spiro atoms. The molecule has 1 amide bonds. The Morgan fingerprint density at radius 2 is 1.96 bits per heavy atom. The Labute approximate surface area is 150 Å². The first-order valence-electron chi connectivity index (χ1n) is 9.00. The zero-order valence-electron chi connectivity index (χ0n) is 15.7. The van der Waals surface area contributed by atoms with E-state index in [9.17, 15) is 4.79 Å². The molecule has 1 aliphatic rings. The number of nitrogens with zero attached hydrogens (tertiary/aromatic N) is 4. The molecule has 1 atom stereocenters. The van der Waals surface area contributed by atoms with Crippen molar-refractivity contribution in [2.24, 2.45) is 7.05 Å². The van der Waals surface area contributed by atoms with Gasteiger partial charge in [-0.2, -0.15) is 0 Å². The van der Waals surface area contributed by atoms with Crippen molar-refractivity contribution >= 4 is 5.91 Å². The summed E-state index contributed by atoms with van der Waals surface area (Å²) in [6.45, 7) is 3.65. The SMILES string of the molecule is Cc1ncn(C)c1C(=O)N1CCCC[C@H]1c1ccc(CN(C)C)cc1. The average Bonchev–Trinajstić information content (AvgIpc) is 2.93. The lowest BCUT2D eigenvalue weighted by molar-refractivity contribution is 0.0600. The van der Waals surface area contributed by atoms with Crippen molar-refractivity contribution in [3.63, 3.8) is 0 Å². The summed E-state index contributed by atoms with van der Waals surface area (Å²) in [7, 11) is 6.04. The van der Waals surface area contributed by atoms with E-state index >= 15 is 0 Å². The lowest BCUT2D eigenvalue weighted by Crippen LogP contribution is -2.39. The first-order valence-corrected chi connectivity index (χ1v) is 9.00. The molecule has 134 valence electrons. The Morgan fingerprint density at radius 1 is 1.24 bits per heavy atom. The van der Waals surface area contributed by atoms with E-state index in [0.29, 0.717) is 5.69 Å². The molecule has 5 nitrogen and oxygen atoms in total. The minimum atomic E-state index is 0.0968. The highest BCUT2D eigenvalue weighted by Gasteiger charge is 2.30. The van der Waals surface area contributed by atoms with Gasteiger partial charge in [0.05, 0.1) is 18.1 Å². The summed E-state index contributed by atoms with van der Waals surface area (Å²) in [5.41, 5.74) is 4.04. The van der Waals surface area contributed by atoms with Crippen LogP contribution in [0.1, 0.15) is 52.6 Å². The van der Waals surface area contributed by atoms with Gasteiger partial charge in [-0.15, -0.1) is 0 Å². The lowest BCUT2D eigenvalue weighted by atomic mass is 9.94. The summed E-state index contributed by atoms with van der Waals surface area (Å²) < 4.78 is 1.84. The number of carbonyl (C=O) groups excluding carboxylic acids is 1. The quantitative estimate of drug-likeness (QED) is 0.858. The molecule has 0 unspecified atom stereocenters. The minimum Gasteiger partial charge on any atom is -0.330 e. The Morgan fingerprint density at radius 3 is 2.56 bits per heavy atom. The van der Waals surface area contributed by atoms with Crippen molar-refractivity contribution in [1.82, 2.24) is 19.4 Å². The molecule has 5 heteroatoms. The average molecular weight is 340 g/mol. The number of hydrogen-bond donors (Lipinski definition) is 0. The molecule has 0 aliphatic carbocycles. The highest BCUT2D eigenvalue weighted by Crippen LogP contribution is 2.32. The molecule has 0 bridgehead atoms. The second kappa shape index (κ2) is 7.40. The summed E-state index contributed by atoms with van der Waals surface area (Å²) in [6.07, 6.45) is 4.98. The topological polar surface area (TPSA) is 41.4 Å². The Balaban J connectivity index is 1.85. The number of rotatable bonds is 4. The van der Waals surface area contributed by atoms with E-state index in [1.165, 1.54) is 11.1 Å². The van der Waals surface area contributed by atoms with Gasteiger partial charge < -0.3 is 14.4 Å². The third kappa shape index (κ3) is 3.76. The molecule has 2 aromatic rings. The molecule has 1 saturated heterocycles. The molecular formula is C20H28N4O. The fourth-order valence-electron chi connectivity index (χ4n) is 3.72. The van der Waals surface area contributed by atoms with Crippen LogP contribution in [0.2, 0.25) is 0 Å². The largest absolute Gasteiger partial charge is 0.330 e. The number of imidazole rings is 1. The van der Waals surface area contributed by atoms with Crippen LogP contribution >= 0.6 is 0 Å². The van der Waals surface area contributed by atoms with E-state index in [0.717, 1.165) is 38.0 Å². The summed E-state index contributed by atoms with van der Waals surface area (Å²) in [6, 6.07) is 8.89. The maximum absolute atomic E-state index is 13.2. The van der Waals surface area contributed by atoms with Crippen molar-refractivity contribution in [3.8, 4) is 0 Å². The van der Waals surface area contributed by atoms with Gasteiger partial charge in [-0.25, -0.2) is 4.98 Å². The first-order chi connectivity index (χ1) is 12.0. The van der Waals surface area contributed by atoms with Crippen molar-refractivity contribution in [3.05, 3.63) is 53.1 Å². The van der Waals surface area contributed by atoms with Gasteiger partial charge in [-0.05, 0) is 51.4 Å². The lowest BCUT2D eigenvalue weighted by Gasteiger charge is -2.36. The van der Waals surface area contributed by atoms with Gasteiger partial charge in [-0.1, -0.05) is 24.3 Å². The molecule has 1 fully saturated rings. The molecule has 1 aromatic carbocycles.